The van der Waals surface area contributed by atoms with Crippen LogP contribution in [0.3, 0.4) is 0 Å². The molecule has 0 radical (unpaired) electrons. The van der Waals surface area contributed by atoms with Crippen molar-refractivity contribution in [1.82, 2.24) is 9.78 Å². The first kappa shape index (κ1) is 14.2. The summed E-state index contributed by atoms with van der Waals surface area (Å²) >= 11 is 0. The summed E-state index contributed by atoms with van der Waals surface area (Å²) in [7, 11) is 0. The van der Waals surface area contributed by atoms with Gasteiger partial charge in [-0.25, -0.2) is 4.39 Å². The Hall–Kier alpha value is -2.21. The Bertz CT molecular complexity index is 592. The molecule has 3 N–H and O–H groups in total. The molecular weight excluding hydrogens is 259 g/mol. The lowest BCUT2D eigenvalue weighted by atomic mass is 10.2. The summed E-state index contributed by atoms with van der Waals surface area (Å²) in [5.41, 5.74) is 7.30. The van der Waals surface area contributed by atoms with Crippen LogP contribution in [0.1, 0.15) is 22.5 Å². The molecule has 0 aliphatic carbocycles. The highest BCUT2D eigenvalue weighted by atomic mass is 19.1. The monoisotopic (exact) mass is 276 g/mol. The molecule has 2 aromatic rings. The van der Waals surface area contributed by atoms with Gasteiger partial charge in [-0.15, -0.1) is 0 Å². The third kappa shape index (κ3) is 3.21. The van der Waals surface area contributed by atoms with E-state index in [1.165, 1.54) is 30.5 Å². The van der Waals surface area contributed by atoms with Crippen LogP contribution in [0.15, 0.2) is 30.5 Å². The number of carbonyl (C=O) groups excluding carboxylic acids is 1. The summed E-state index contributed by atoms with van der Waals surface area (Å²) in [6.45, 7) is 3.10. The SMILES string of the molecule is Cc1c(C(=O)Nc2ccc(F)cc2)cnn1CCCN. The molecule has 2 rings (SSSR count). The summed E-state index contributed by atoms with van der Waals surface area (Å²) < 4.78 is 14.6. The first-order valence-electron chi connectivity index (χ1n) is 6.41. The van der Waals surface area contributed by atoms with Crippen LogP contribution in [0, 0.1) is 12.7 Å². The molecule has 0 unspecified atom stereocenters. The molecule has 0 atom stereocenters. The molecule has 1 aromatic heterocycles. The van der Waals surface area contributed by atoms with E-state index in [9.17, 15) is 9.18 Å². The first-order chi connectivity index (χ1) is 9.61. The molecule has 0 aliphatic rings. The van der Waals surface area contributed by atoms with Crippen LogP contribution < -0.4 is 11.1 Å². The number of hydrogen-bond donors (Lipinski definition) is 2. The number of aromatic nitrogens is 2. The van der Waals surface area contributed by atoms with E-state index in [2.05, 4.69) is 10.4 Å². The number of aryl methyl sites for hydroxylation is 1. The molecule has 5 nitrogen and oxygen atoms in total. The average Bonchev–Trinajstić information content (AvgIpc) is 2.80. The molecule has 0 bridgehead atoms. The van der Waals surface area contributed by atoms with Gasteiger partial charge in [-0.2, -0.15) is 5.10 Å². The number of anilines is 1. The van der Waals surface area contributed by atoms with E-state index in [4.69, 9.17) is 5.73 Å². The van der Waals surface area contributed by atoms with Gasteiger partial charge in [0, 0.05) is 17.9 Å². The summed E-state index contributed by atoms with van der Waals surface area (Å²) in [5.74, 6) is -0.595. The Kier molecular flexibility index (Phi) is 4.47. The molecule has 0 aliphatic heterocycles. The van der Waals surface area contributed by atoms with Crippen LogP contribution in [0.5, 0.6) is 0 Å². The Morgan fingerprint density at radius 3 is 2.75 bits per heavy atom. The van der Waals surface area contributed by atoms with Gasteiger partial charge in [0.2, 0.25) is 0 Å². The van der Waals surface area contributed by atoms with Crippen molar-refractivity contribution in [1.29, 1.82) is 0 Å². The fourth-order valence-corrected chi connectivity index (χ4v) is 1.87. The maximum Gasteiger partial charge on any atom is 0.259 e. The van der Waals surface area contributed by atoms with E-state index in [1.807, 2.05) is 6.92 Å². The minimum absolute atomic E-state index is 0.256. The number of carbonyl (C=O) groups is 1. The number of amides is 1. The van der Waals surface area contributed by atoms with Crippen LogP contribution in [0.25, 0.3) is 0 Å². The summed E-state index contributed by atoms with van der Waals surface area (Å²) in [4.78, 5) is 12.1. The lowest BCUT2D eigenvalue weighted by Crippen LogP contribution is -2.14. The fraction of sp³-hybridized carbons (Fsp3) is 0.286. The van der Waals surface area contributed by atoms with Crippen molar-refractivity contribution in [2.24, 2.45) is 5.73 Å². The van der Waals surface area contributed by atoms with Gasteiger partial charge in [-0.05, 0) is 44.2 Å². The average molecular weight is 276 g/mol. The fourth-order valence-electron chi connectivity index (χ4n) is 1.87. The molecule has 20 heavy (non-hydrogen) atoms. The van der Waals surface area contributed by atoms with E-state index in [1.54, 1.807) is 4.68 Å². The lowest BCUT2D eigenvalue weighted by Gasteiger charge is -2.06. The van der Waals surface area contributed by atoms with Crippen molar-refractivity contribution in [3.05, 3.63) is 47.5 Å². The number of rotatable bonds is 5. The van der Waals surface area contributed by atoms with E-state index in [0.29, 0.717) is 24.3 Å². The van der Waals surface area contributed by atoms with E-state index < -0.39 is 0 Å². The number of nitrogens with one attached hydrogen (secondary N) is 1. The zero-order chi connectivity index (χ0) is 14.5. The minimum atomic E-state index is -0.339. The zero-order valence-corrected chi connectivity index (χ0v) is 11.3. The van der Waals surface area contributed by atoms with Gasteiger partial charge >= 0.3 is 0 Å². The Morgan fingerprint density at radius 1 is 1.40 bits per heavy atom. The number of hydrogen-bond acceptors (Lipinski definition) is 3. The second kappa shape index (κ2) is 6.29. The highest BCUT2D eigenvalue weighted by Gasteiger charge is 2.14. The molecule has 1 amide bonds. The molecule has 1 aromatic carbocycles. The van der Waals surface area contributed by atoms with Gasteiger partial charge in [0.05, 0.1) is 11.8 Å². The lowest BCUT2D eigenvalue weighted by molar-refractivity contribution is 0.102. The molecule has 0 spiro atoms. The summed E-state index contributed by atoms with van der Waals surface area (Å²) in [6, 6.07) is 5.63. The summed E-state index contributed by atoms with van der Waals surface area (Å²) in [6.07, 6.45) is 2.34. The van der Waals surface area contributed by atoms with Crippen LogP contribution in [-0.4, -0.2) is 22.2 Å². The molecule has 1 heterocycles. The van der Waals surface area contributed by atoms with Gasteiger partial charge in [0.25, 0.3) is 5.91 Å². The third-order valence-electron chi connectivity index (χ3n) is 3.02. The number of nitrogens with two attached hydrogens (primary N) is 1. The highest BCUT2D eigenvalue weighted by Crippen LogP contribution is 2.13. The standard InChI is InChI=1S/C14H17FN4O/c1-10-13(9-17-19(10)8-2-7-16)14(20)18-12-5-3-11(15)4-6-12/h3-6,9H,2,7-8,16H2,1H3,(H,18,20). The molecule has 106 valence electrons. The predicted octanol–water partition coefficient (Wildman–Crippen LogP) is 1.93. The Balaban J connectivity index is 2.09. The minimum Gasteiger partial charge on any atom is -0.330 e. The van der Waals surface area contributed by atoms with Crippen molar-refractivity contribution in [3.8, 4) is 0 Å². The first-order valence-corrected chi connectivity index (χ1v) is 6.41. The quantitative estimate of drug-likeness (QED) is 0.876. The Labute approximate surface area is 116 Å². The van der Waals surface area contributed by atoms with Crippen LogP contribution in [0.4, 0.5) is 10.1 Å². The van der Waals surface area contributed by atoms with Crippen LogP contribution in [-0.2, 0) is 6.54 Å². The van der Waals surface area contributed by atoms with Crippen molar-refractivity contribution in [2.45, 2.75) is 19.9 Å². The molecule has 0 fully saturated rings. The van der Waals surface area contributed by atoms with Gasteiger partial charge < -0.3 is 11.1 Å². The van der Waals surface area contributed by atoms with E-state index in [-0.39, 0.29) is 11.7 Å². The second-order valence-corrected chi connectivity index (χ2v) is 4.47. The topological polar surface area (TPSA) is 72.9 Å². The van der Waals surface area contributed by atoms with Gasteiger partial charge in [0.15, 0.2) is 0 Å². The van der Waals surface area contributed by atoms with Gasteiger partial charge in [-0.1, -0.05) is 0 Å². The smallest absolute Gasteiger partial charge is 0.259 e. The van der Waals surface area contributed by atoms with Crippen molar-refractivity contribution in [2.75, 3.05) is 11.9 Å². The summed E-state index contributed by atoms with van der Waals surface area (Å²) in [5, 5.41) is 6.88. The number of halogens is 1. The molecule has 0 saturated heterocycles. The highest BCUT2D eigenvalue weighted by molar-refractivity contribution is 6.04. The maximum atomic E-state index is 12.8. The van der Waals surface area contributed by atoms with Gasteiger partial charge in [0.1, 0.15) is 5.82 Å². The molecular formula is C14H17FN4O. The molecule has 0 saturated carbocycles. The van der Waals surface area contributed by atoms with E-state index >= 15 is 0 Å². The number of benzene rings is 1. The third-order valence-corrected chi connectivity index (χ3v) is 3.02. The largest absolute Gasteiger partial charge is 0.330 e. The van der Waals surface area contributed by atoms with Crippen LogP contribution >= 0.6 is 0 Å². The predicted molar refractivity (Wildman–Crippen MR) is 75.0 cm³/mol. The Morgan fingerprint density at radius 2 is 2.10 bits per heavy atom. The molecule has 6 heteroatoms. The van der Waals surface area contributed by atoms with E-state index in [0.717, 1.165) is 12.1 Å². The van der Waals surface area contributed by atoms with Gasteiger partial charge in [-0.3, -0.25) is 9.48 Å². The van der Waals surface area contributed by atoms with Crippen molar-refractivity contribution >= 4 is 11.6 Å². The zero-order valence-electron chi connectivity index (χ0n) is 11.3. The normalized spacial score (nSPS) is 10.6. The van der Waals surface area contributed by atoms with Crippen molar-refractivity contribution < 1.29 is 9.18 Å². The van der Waals surface area contributed by atoms with Crippen LogP contribution in [0.2, 0.25) is 0 Å². The second-order valence-electron chi connectivity index (χ2n) is 4.47. The maximum absolute atomic E-state index is 12.8. The number of nitrogens with zero attached hydrogens (tertiary/aromatic N) is 2. The van der Waals surface area contributed by atoms with Crippen molar-refractivity contribution in [3.63, 3.8) is 0 Å².